The van der Waals surface area contributed by atoms with Crippen molar-refractivity contribution >= 4 is 58.1 Å². The molecule has 4 rings (SSSR count). The standard InChI is InChI=1S/C17H16ClN5O5S/c1-7(21-8-2-3-10-11(4-8)20-6-19-10)13(24)22-12-14(25)23-15(28-17(26)27)9(18)5-29-16(12)23/h2-4,6-7,12,16,21H,5H2,1H3,(H,19,20)(H,22,24)(H,26,27)/t7-,12?,16-/m0/s1. The zero-order chi connectivity index (χ0) is 20.7. The Kier molecular flexibility index (Phi) is 5.01. The number of thioether (sulfide) groups is 1. The van der Waals surface area contributed by atoms with E-state index in [9.17, 15) is 14.4 Å². The lowest BCUT2D eigenvalue weighted by molar-refractivity contribution is -0.149. The van der Waals surface area contributed by atoms with Crippen LogP contribution in [0.3, 0.4) is 0 Å². The van der Waals surface area contributed by atoms with E-state index in [-0.39, 0.29) is 22.6 Å². The second-order valence-corrected chi connectivity index (χ2v) is 8.04. The second kappa shape index (κ2) is 7.48. The van der Waals surface area contributed by atoms with Crippen LogP contribution in [0.2, 0.25) is 0 Å². The molecule has 1 fully saturated rings. The number of hydrogen-bond acceptors (Lipinski definition) is 7. The molecule has 152 valence electrons. The number of rotatable bonds is 5. The lowest BCUT2D eigenvalue weighted by Gasteiger charge is -2.48. The first kappa shape index (κ1) is 19.4. The fraction of sp³-hybridized carbons (Fsp3) is 0.294. The van der Waals surface area contributed by atoms with Gasteiger partial charge in [0.2, 0.25) is 11.8 Å². The van der Waals surface area contributed by atoms with Gasteiger partial charge >= 0.3 is 6.16 Å². The summed E-state index contributed by atoms with van der Waals surface area (Å²) in [7, 11) is 0. The Bertz CT molecular complexity index is 1040. The molecule has 0 bridgehead atoms. The van der Waals surface area contributed by atoms with Crippen LogP contribution in [0.5, 0.6) is 0 Å². The van der Waals surface area contributed by atoms with Crippen LogP contribution in [-0.2, 0) is 14.3 Å². The van der Waals surface area contributed by atoms with E-state index in [1.165, 1.54) is 11.8 Å². The number of carbonyl (C=O) groups excluding carboxylic acids is 2. The molecule has 1 aromatic heterocycles. The highest BCUT2D eigenvalue weighted by molar-refractivity contribution is 8.00. The SMILES string of the molecule is C[C@H](Nc1ccc2[nH]cnc2c1)C(=O)NC1C(=O)N2C(OC(=O)O)=C(Cl)CS[C@@H]12. The molecule has 0 spiro atoms. The van der Waals surface area contributed by atoms with E-state index in [2.05, 4.69) is 25.3 Å². The van der Waals surface area contributed by atoms with Crippen molar-refractivity contribution in [1.29, 1.82) is 0 Å². The van der Waals surface area contributed by atoms with Gasteiger partial charge in [-0.3, -0.25) is 14.5 Å². The minimum absolute atomic E-state index is 0.135. The quantitative estimate of drug-likeness (QED) is 0.411. The third kappa shape index (κ3) is 3.58. The Morgan fingerprint density at radius 1 is 1.48 bits per heavy atom. The maximum Gasteiger partial charge on any atom is 0.512 e. The van der Waals surface area contributed by atoms with E-state index < -0.39 is 29.5 Å². The molecule has 12 heteroatoms. The summed E-state index contributed by atoms with van der Waals surface area (Å²) in [5.41, 5.74) is 2.36. The van der Waals surface area contributed by atoms with Gasteiger partial charge in [-0.25, -0.2) is 9.78 Å². The first-order chi connectivity index (χ1) is 13.8. The van der Waals surface area contributed by atoms with E-state index in [0.29, 0.717) is 5.69 Å². The molecule has 3 heterocycles. The molecular weight excluding hydrogens is 422 g/mol. The minimum atomic E-state index is -1.56. The lowest BCUT2D eigenvalue weighted by atomic mass is 10.1. The largest absolute Gasteiger partial charge is 0.512 e. The summed E-state index contributed by atoms with van der Waals surface area (Å²) in [4.78, 5) is 44.2. The highest BCUT2D eigenvalue weighted by Crippen LogP contribution is 2.41. The Morgan fingerprint density at radius 2 is 2.28 bits per heavy atom. The number of ether oxygens (including phenoxy) is 1. The Morgan fingerprint density at radius 3 is 3.03 bits per heavy atom. The number of benzene rings is 1. The van der Waals surface area contributed by atoms with Crippen molar-refractivity contribution in [1.82, 2.24) is 20.2 Å². The number of β-lactam (4-membered cyclic amide) rings is 1. The van der Waals surface area contributed by atoms with E-state index in [1.54, 1.807) is 13.3 Å². The summed E-state index contributed by atoms with van der Waals surface area (Å²) >= 11 is 7.30. The number of hydrogen-bond donors (Lipinski definition) is 4. The number of aromatic amines is 1. The second-order valence-electron chi connectivity index (χ2n) is 6.47. The predicted octanol–water partition coefficient (Wildman–Crippen LogP) is 1.87. The van der Waals surface area contributed by atoms with Crippen molar-refractivity contribution in [2.24, 2.45) is 0 Å². The van der Waals surface area contributed by atoms with Crippen molar-refractivity contribution in [2.45, 2.75) is 24.4 Å². The molecule has 0 saturated carbocycles. The van der Waals surface area contributed by atoms with E-state index in [4.69, 9.17) is 16.7 Å². The average Bonchev–Trinajstić information content (AvgIpc) is 3.14. The van der Waals surface area contributed by atoms with E-state index in [1.807, 2.05) is 18.2 Å². The number of anilines is 1. The highest BCUT2D eigenvalue weighted by Gasteiger charge is 2.54. The zero-order valence-corrected chi connectivity index (χ0v) is 16.6. The number of nitrogens with one attached hydrogen (secondary N) is 3. The van der Waals surface area contributed by atoms with Gasteiger partial charge in [0.05, 0.1) is 22.4 Å². The van der Waals surface area contributed by atoms with E-state index in [0.717, 1.165) is 15.9 Å². The molecule has 1 saturated heterocycles. The molecule has 2 aliphatic heterocycles. The van der Waals surface area contributed by atoms with Crippen LogP contribution < -0.4 is 10.6 Å². The third-order valence-electron chi connectivity index (χ3n) is 4.55. The fourth-order valence-corrected chi connectivity index (χ4v) is 4.62. The molecule has 1 aromatic carbocycles. The van der Waals surface area contributed by atoms with Gasteiger partial charge in [-0.05, 0) is 25.1 Å². The molecule has 4 N–H and O–H groups in total. The van der Waals surface area contributed by atoms with Gasteiger partial charge in [0, 0.05) is 11.4 Å². The highest BCUT2D eigenvalue weighted by atomic mass is 35.5. The van der Waals surface area contributed by atoms with Crippen molar-refractivity contribution < 1.29 is 24.2 Å². The predicted molar refractivity (Wildman–Crippen MR) is 106 cm³/mol. The van der Waals surface area contributed by atoms with Crippen LogP contribution in [-0.4, -0.2) is 61.2 Å². The van der Waals surface area contributed by atoms with Crippen LogP contribution in [0.25, 0.3) is 11.0 Å². The molecule has 2 aromatic rings. The Labute approximate surface area is 173 Å². The first-order valence-electron chi connectivity index (χ1n) is 8.59. The minimum Gasteiger partial charge on any atom is -0.449 e. The number of fused-ring (bicyclic) bond motifs is 2. The molecule has 1 unspecified atom stereocenters. The third-order valence-corrected chi connectivity index (χ3v) is 6.29. The average molecular weight is 438 g/mol. The van der Waals surface area contributed by atoms with Crippen LogP contribution in [0.1, 0.15) is 6.92 Å². The number of carbonyl (C=O) groups is 3. The van der Waals surface area contributed by atoms with Crippen molar-refractivity contribution in [2.75, 3.05) is 11.1 Å². The monoisotopic (exact) mass is 437 g/mol. The lowest BCUT2D eigenvalue weighted by Crippen LogP contribution is -2.70. The Hall–Kier alpha value is -2.92. The summed E-state index contributed by atoms with van der Waals surface area (Å²) in [5.74, 6) is -0.762. The van der Waals surface area contributed by atoms with Crippen molar-refractivity contribution in [3.63, 3.8) is 0 Å². The summed E-state index contributed by atoms with van der Waals surface area (Å²) < 4.78 is 4.64. The van der Waals surface area contributed by atoms with Gasteiger partial charge < -0.3 is 25.5 Å². The van der Waals surface area contributed by atoms with Crippen LogP contribution in [0.15, 0.2) is 35.4 Å². The van der Waals surface area contributed by atoms with Gasteiger partial charge in [-0.1, -0.05) is 11.6 Å². The number of aromatic nitrogens is 2. The topological polar surface area (TPSA) is 137 Å². The zero-order valence-electron chi connectivity index (χ0n) is 15.0. The normalized spacial score (nSPS) is 22.0. The maximum atomic E-state index is 12.6. The maximum absolute atomic E-state index is 12.6. The summed E-state index contributed by atoms with van der Waals surface area (Å²) in [5, 5.41) is 14.3. The number of nitrogens with zero attached hydrogens (tertiary/aromatic N) is 2. The Balaban J connectivity index is 1.40. The van der Waals surface area contributed by atoms with Crippen LogP contribution in [0.4, 0.5) is 10.5 Å². The van der Waals surface area contributed by atoms with Crippen LogP contribution in [0, 0.1) is 0 Å². The first-order valence-corrected chi connectivity index (χ1v) is 10.0. The number of halogens is 1. The summed E-state index contributed by atoms with van der Waals surface area (Å²) in [6.45, 7) is 1.68. The molecule has 10 nitrogen and oxygen atoms in total. The number of carboxylic acid groups (broad SMARTS) is 1. The van der Waals surface area contributed by atoms with E-state index >= 15 is 0 Å². The van der Waals surface area contributed by atoms with Crippen molar-refractivity contribution in [3.05, 3.63) is 35.4 Å². The fourth-order valence-electron chi connectivity index (χ4n) is 3.14. The molecular formula is C17H16ClN5O5S. The number of imidazole rings is 1. The van der Waals surface area contributed by atoms with Gasteiger partial charge in [0.1, 0.15) is 17.5 Å². The summed E-state index contributed by atoms with van der Waals surface area (Å²) in [6.07, 6.45) is 0.0273. The van der Waals surface area contributed by atoms with Gasteiger partial charge in [-0.15, -0.1) is 11.8 Å². The molecule has 2 amide bonds. The number of H-pyrrole nitrogens is 1. The van der Waals surface area contributed by atoms with Crippen LogP contribution >= 0.6 is 23.4 Å². The molecule has 29 heavy (non-hydrogen) atoms. The van der Waals surface area contributed by atoms with Gasteiger partial charge in [-0.2, -0.15) is 0 Å². The number of amides is 2. The summed E-state index contributed by atoms with van der Waals surface area (Å²) in [6, 6.07) is 4.07. The molecule has 3 atom stereocenters. The van der Waals surface area contributed by atoms with Gasteiger partial charge in [0.15, 0.2) is 0 Å². The molecule has 2 aliphatic rings. The smallest absolute Gasteiger partial charge is 0.449 e. The molecule has 0 aliphatic carbocycles. The van der Waals surface area contributed by atoms with Gasteiger partial charge in [0.25, 0.3) is 5.91 Å². The molecule has 0 radical (unpaired) electrons. The van der Waals surface area contributed by atoms with Crippen molar-refractivity contribution in [3.8, 4) is 0 Å².